The number of nitrogens with one attached hydrogen (secondary N) is 1. The Morgan fingerprint density at radius 1 is 1.21 bits per heavy atom. The van der Waals surface area contributed by atoms with Crippen LogP contribution in [0.4, 0.5) is 0 Å². The minimum atomic E-state index is -0.0644. The van der Waals surface area contributed by atoms with E-state index < -0.39 is 0 Å². The van der Waals surface area contributed by atoms with Gasteiger partial charge < -0.3 is 5.32 Å². The Bertz CT molecular complexity index is 127. The first-order chi connectivity index (χ1) is 6.64. The normalized spacial score (nSPS) is 14.4. The van der Waals surface area contributed by atoms with E-state index in [1.807, 2.05) is 0 Å². The largest absolute Gasteiger partial charge is 0.309 e. The fourth-order valence-electron chi connectivity index (χ4n) is 1.43. The Morgan fingerprint density at radius 2 is 1.79 bits per heavy atom. The summed E-state index contributed by atoms with van der Waals surface area (Å²) in [5.74, 6) is 1.88. The summed E-state index contributed by atoms with van der Waals surface area (Å²) in [6.45, 7) is 7.62. The average molecular weight is 240 g/mol. The molecule has 1 unspecified atom stereocenters. The molecule has 0 saturated carbocycles. The standard InChI is InChI=1S/C11H23Cl2N/c1-4-6-10(3)7-14-11(5-2,8-12)9-13/h10,14H,4-9H2,1-3H3. The van der Waals surface area contributed by atoms with Gasteiger partial charge in [-0.2, -0.15) is 0 Å². The van der Waals surface area contributed by atoms with Gasteiger partial charge in [0.1, 0.15) is 0 Å². The Kier molecular flexibility index (Phi) is 8.08. The molecule has 14 heavy (non-hydrogen) atoms. The van der Waals surface area contributed by atoms with E-state index >= 15 is 0 Å². The third kappa shape index (κ3) is 4.86. The summed E-state index contributed by atoms with van der Waals surface area (Å²) in [6.07, 6.45) is 3.49. The fourth-order valence-corrected chi connectivity index (χ4v) is 2.28. The summed E-state index contributed by atoms with van der Waals surface area (Å²) < 4.78 is 0. The number of alkyl halides is 2. The van der Waals surface area contributed by atoms with Gasteiger partial charge in [-0.25, -0.2) is 0 Å². The van der Waals surface area contributed by atoms with Gasteiger partial charge in [-0.1, -0.05) is 27.2 Å². The van der Waals surface area contributed by atoms with Gasteiger partial charge in [0, 0.05) is 17.3 Å². The fraction of sp³-hybridized carbons (Fsp3) is 1.00. The SMILES string of the molecule is CCCC(C)CNC(CC)(CCl)CCl. The average Bonchev–Trinajstić information content (AvgIpc) is 2.21. The zero-order valence-electron chi connectivity index (χ0n) is 9.58. The first kappa shape index (κ1) is 14.5. The molecule has 0 aromatic heterocycles. The molecule has 0 radical (unpaired) electrons. The van der Waals surface area contributed by atoms with Crippen molar-refractivity contribution < 1.29 is 0 Å². The predicted octanol–water partition coefficient (Wildman–Crippen LogP) is 3.64. The number of hydrogen-bond acceptors (Lipinski definition) is 1. The van der Waals surface area contributed by atoms with Crippen molar-refractivity contribution >= 4 is 23.2 Å². The molecule has 0 heterocycles. The Morgan fingerprint density at radius 3 is 2.14 bits per heavy atom. The highest BCUT2D eigenvalue weighted by Gasteiger charge is 2.25. The molecule has 0 aliphatic rings. The van der Waals surface area contributed by atoms with Crippen LogP contribution < -0.4 is 5.32 Å². The van der Waals surface area contributed by atoms with Gasteiger partial charge in [-0.3, -0.25) is 0 Å². The lowest BCUT2D eigenvalue weighted by Gasteiger charge is -2.31. The van der Waals surface area contributed by atoms with E-state index in [-0.39, 0.29) is 5.54 Å². The van der Waals surface area contributed by atoms with Crippen LogP contribution in [0, 0.1) is 5.92 Å². The molecule has 0 aliphatic heterocycles. The minimum absolute atomic E-state index is 0.0644. The molecule has 0 fully saturated rings. The van der Waals surface area contributed by atoms with E-state index in [2.05, 4.69) is 26.1 Å². The molecule has 0 spiro atoms. The zero-order chi connectivity index (χ0) is 11.0. The van der Waals surface area contributed by atoms with Crippen LogP contribution in [0.25, 0.3) is 0 Å². The monoisotopic (exact) mass is 239 g/mol. The van der Waals surface area contributed by atoms with Gasteiger partial charge >= 0.3 is 0 Å². The van der Waals surface area contributed by atoms with E-state index in [0.29, 0.717) is 17.7 Å². The topological polar surface area (TPSA) is 12.0 Å². The first-order valence-electron chi connectivity index (χ1n) is 5.51. The van der Waals surface area contributed by atoms with Crippen LogP contribution in [-0.4, -0.2) is 23.8 Å². The van der Waals surface area contributed by atoms with E-state index in [1.54, 1.807) is 0 Å². The van der Waals surface area contributed by atoms with Crippen molar-refractivity contribution in [1.29, 1.82) is 0 Å². The van der Waals surface area contributed by atoms with Crippen molar-refractivity contribution in [2.24, 2.45) is 5.92 Å². The number of rotatable bonds is 8. The molecule has 0 amide bonds. The lowest BCUT2D eigenvalue weighted by Crippen LogP contribution is -2.49. The molecule has 0 saturated heterocycles. The van der Waals surface area contributed by atoms with Gasteiger partial charge in [-0.05, 0) is 25.3 Å². The molecule has 1 atom stereocenters. The molecule has 0 aromatic rings. The van der Waals surface area contributed by atoms with E-state index in [1.165, 1.54) is 12.8 Å². The van der Waals surface area contributed by atoms with Gasteiger partial charge in [0.25, 0.3) is 0 Å². The Hall–Kier alpha value is 0.540. The van der Waals surface area contributed by atoms with Crippen LogP contribution in [0.3, 0.4) is 0 Å². The lowest BCUT2D eigenvalue weighted by molar-refractivity contribution is 0.346. The summed E-state index contributed by atoms with van der Waals surface area (Å²) in [5, 5.41) is 3.50. The summed E-state index contributed by atoms with van der Waals surface area (Å²) in [4.78, 5) is 0. The van der Waals surface area contributed by atoms with E-state index in [9.17, 15) is 0 Å². The predicted molar refractivity (Wildman–Crippen MR) is 66.5 cm³/mol. The van der Waals surface area contributed by atoms with Crippen LogP contribution in [0.5, 0.6) is 0 Å². The van der Waals surface area contributed by atoms with Crippen molar-refractivity contribution in [1.82, 2.24) is 5.32 Å². The van der Waals surface area contributed by atoms with Crippen molar-refractivity contribution in [3.05, 3.63) is 0 Å². The number of halogens is 2. The Balaban J connectivity index is 3.92. The summed E-state index contributed by atoms with van der Waals surface area (Å²) in [6, 6.07) is 0. The number of hydrogen-bond donors (Lipinski definition) is 1. The summed E-state index contributed by atoms with van der Waals surface area (Å²) >= 11 is 11.9. The molecular weight excluding hydrogens is 217 g/mol. The molecule has 0 aromatic carbocycles. The summed E-state index contributed by atoms with van der Waals surface area (Å²) in [7, 11) is 0. The third-order valence-electron chi connectivity index (χ3n) is 2.80. The smallest absolute Gasteiger partial charge is 0.0451 e. The minimum Gasteiger partial charge on any atom is -0.309 e. The van der Waals surface area contributed by atoms with Crippen LogP contribution in [-0.2, 0) is 0 Å². The highest BCUT2D eigenvalue weighted by molar-refractivity contribution is 6.22. The molecule has 1 nitrogen and oxygen atoms in total. The molecule has 1 N–H and O–H groups in total. The Labute approximate surface area is 98.5 Å². The molecule has 0 aliphatic carbocycles. The highest BCUT2D eigenvalue weighted by Crippen LogP contribution is 2.16. The van der Waals surface area contributed by atoms with E-state index in [0.717, 1.165) is 13.0 Å². The lowest BCUT2D eigenvalue weighted by atomic mass is 9.99. The quantitative estimate of drug-likeness (QED) is 0.639. The molecule has 0 bridgehead atoms. The second-order valence-electron chi connectivity index (χ2n) is 4.18. The van der Waals surface area contributed by atoms with E-state index in [4.69, 9.17) is 23.2 Å². The maximum Gasteiger partial charge on any atom is 0.0451 e. The molecular formula is C11H23Cl2N. The maximum absolute atomic E-state index is 5.94. The van der Waals surface area contributed by atoms with Gasteiger partial charge in [0.2, 0.25) is 0 Å². The highest BCUT2D eigenvalue weighted by atomic mass is 35.5. The van der Waals surface area contributed by atoms with Crippen molar-refractivity contribution in [3.63, 3.8) is 0 Å². The zero-order valence-corrected chi connectivity index (χ0v) is 11.1. The van der Waals surface area contributed by atoms with Crippen molar-refractivity contribution in [3.8, 4) is 0 Å². The van der Waals surface area contributed by atoms with Gasteiger partial charge in [0.05, 0.1) is 0 Å². The maximum atomic E-state index is 5.94. The van der Waals surface area contributed by atoms with Gasteiger partial charge in [0.15, 0.2) is 0 Å². The first-order valence-corrected chi connectivity index (χ1v) is 6.58. The van der Waals surface area contributed by atoms with Crippen molar-refractivity contribution in [2.75, 3.05) is 18.3 Å². The van der Waals surface area contributed by atoms with Gasteiger partial charge in [-0.15, -0.1) is 23.2 Å². The second kappa shape index (κ2) is 7.78. The van der Waals surface area contributed by atoms with Crippen LogP contribution in [0.15, 0.2) is 0 Å². The second-order valence-corrected chi connectivity index (χ2v) is 4.71. The molecule has 3 heteroatoms. The molecule has 86 valence electrons. The van der Waals surface area contributed by atoms with Crippen LogP contribution in [0.2, 0.25) is 0 Å². The van der Waals surface area contributed by atoms with Crippen LogP contribution >= 0.6 is 23.2 Å². The van der Waals surface area contributed by atoms with Crippen molar-refractivity contribution in [2.45, 2.75) is 45.6 Å². The summed E-state index contributed by atoms with van der Waals surface area (Å²) in [5.41, 5.74) is -0.0644. The third-order valence-corrected chi connectivity index (χ3v) is 3.82. The molecule has 0 rings (SSSR count). The van der Waals surface area contributed by atoms with Crippen LogP contribution in [0.1, 0.15) is 40.0 Å².